The van der Waals surface area contributed by atoms with Gasteiger partial charge in [-0.2, -0.15) is 0 Å². The molecule has 0 bridgehead atoms. The lowest BCUT2D eigenvalue weighted by atomic mass is 10.1. The number of ketones is 1. The summed E-state index contributed by atoms with van der Waals surface area (Å²) < 4.78 is 4.97. The van der Waals surface area contributed by atoms with E-state index < -0.39 is 0 Å². The number of aromatic hydroxyl groups is 1. The van der Waals surface area contributed by atoms with Crippen LogP contribution in [-0.4, -0.2) is 10.9 Å². The van der Waals surface area contributed by atoms with Gasteiger partial charge in [0.2, 0.25) is 5.78 Å². The van der Waals surface area contributed by atoms with Crippen LogP contribution in [0.4, 0.5) is 0 Å². The standard InChI is InChI=1S/C12H10O3/c1-8-4-5-9(10(13)7-8)12(14)11-3-2-6-15-11/h2-7,13H,1H3. The van der Waals surface area contributed by atoms with Gasteiger partial charge >= 0.3 is 0 Å². The number of phenols is 1. The average Bonchev–Trinajstić information content (AvgIpc) is 2.69. The summed E-state index contributed by atoms with van der Waals surface area (Å²) in [5.41, 5.74) is 1.17. The highest BCUT2D eigenvalue weighted by atomic mass is 16.3. The third kappa shape index (κ3) is 1.76. The van der Waals surface area contributed by atoms with Crippen LogP contribution in [0.1, 0.15) is 21.7 Å². The quantitative estimate of drug-likeness (QED) is 0.761. The molecule has 2 rings (SSSR count). The van der Waals surface area contributed by atoms with Crippen LogP contribution in [0.2, 0.25) is 0 Å². The fourth-order valence-corrected chi connectivity index (χ4v) is 1.37. The highest BCUT2D eigenvalue weighted by Crippen LogP contribution is 2.21. The van der Waals surface area contributed by atoms with Gasteiger partial charge in [0.1, 0.15) is 5.75 Å². The lowest BCUT2D eigenvalue weighted by Gasteiger charge is -2.02. The lowest BCUT2D eigenvalue weighted by Crippen LogP contribution is -1.99. The number of benzene rings is 1. The first-order chi connectivity index (χ1) is 7.18. The second-order valence-electron chi connectivity index (χ2n) is 3.33. The second-order valence-corrected chi connectivity index (χ2v) is 3.33. The monoisotopic (exact) mass is 202 g/mol. The summed E-state index contributed by atoms with van der Waals surface area (Å²) in [6, 6.07) is 8.13. The van der Waals surface area contributed by atoms with Crippen molar-refractivity contribution in [3.8, 4) is 5.75 Å². The fourth-order valence-electron chi connectivity index (χ4n) is 1.37. The van der Waals surface area contributed by atoms with Crippen LogP contribution in [-0.2, 0) is 0 Å². The molecule has 0 fully saturated rings. The summed E-state index contributed by atoms with van der Waals surface area (Å²) in [4.78, 5) is 11.8. The zero-order chi connectivity index (χ0) is 10.8. The van der Waals surface area contributed by atoms with Crippen LogP contribution in [0.25, 0.3) is 0 Å². The average molecular weight is 202 g/mol. The molecule has 2 aromatic rings. The smallest absolute Gasteiger partial charge is 0.231 e. The Kier molecular flexibility index (Phi) is 2.29. The minimum absolute atomic E-state index is 0.0172. The van der Waals surface area contributed by atoms with E-state index in [0.717, 1.165) is 5.56 Å². The van der Waals surface area contributed by atoms with Crippen LogP contribution in [0.3, 0.4) is 0 Å². The molecule has 0 saturated carbocycles. The zero-order valence-electron chi connectivity index (χ0n) is 8.23. The van der Waals surface area contributed by atoms with E-state index in [4.69, 9.17) is 4.42 Å². The number of carbonyl (C=O) groups excluding carboxylic acids is 1. The van der Waals surface area contributed by atoms with Gasteiger partial charge in [-0.15, -0.1) is 0 Å². The molecule has 0 saturated heterocycles. The van der Waals surface area contributed by atoms with E-state index in [0.29, 0.717) is 0 Å². The Morgan fingerprint density at radius 1 is 1.33 bits per heavy atom. The van der Waals surface area contributed by atoms with E-state index in [9.17, 15) is 9.90 Å². The van der Waals surface area contributed by atoms with E-state index >= 15 is 0 Å². The molecule has 1 N–H and O–H groups in total. The molecule has 0 unspecified atom stereocenters. The van der Waals surface area contributed by atoms with Gasteiger partial charge in [0.05, 0.1) is 11.8 Å². The number of furan rings is 1. The van der Waals surface area contributed by atoms with E-state index in [2.05, 4.69) is 0 Å². The molecule has 3 nitrogen and oxygen atoms in total. The van der Waals surface area contributed by atoms with Crippen molar-refractivity contribution in [2.45, 2.75) is 6.92 Å². The molecule has 0 radical (unpaired) electrons. The van der Waals surface area contributed by atoms with E-state index in [1.807, 2.05) is 6.92 Å². The van der Waals surface area contributed by atoms with Gasteiger partial charge in [0.25, 0.3) is 0 Å². The van der Waals surface area contributed by atoms with E-state index in [-0.39, 0.29) is 22.9 Å². The number of hydrogen-bond donors (Lipinski definition) is 1. The molecule has 0 aliphatic carbocycles. The Labute approximate surface area is 87.0 Å². The van der Waals surface area contributed by atoms with Crippen LogP contribution >= 0.6 is 0 Å². The normalized spacial score (nSPS) is 10.2. The predicted molar refractivity (Wildman–Crippen MR) is 55.0 cm³/mol. The predicted octanol–water partition coefficient (Wildman–Crippen LogP) is 2.52. The Hall–Kier alpha value is -2.03. The third-order valence-corrected chi connectivity index (χ3v) is 2.14. The van der Waals surface area contributed by atoms with Crippen molar-refractivity contribution >= 4 is 5.78 Å². The summed E-state index contributed by atoms with van der Waals surface area (Å²) in [5, 5.41) is 9.60. The largest absolute Gasteiger partial charge is 0.507 e. The molecule has 3 heteroatoms. The topological polar surface area (TPSA) is 50.4 Å². The highest BCUT2D eigenvalue weighted by Gasteiger charge is 2.15. The minimum Gasteiger partial charge on any atom is -0.507 e. The van der Waals surface area contributed by atoms with Crippen LogP contribution in [0.15, 0.2) is 41.0 Å². The molecular weight excluding hydrogens is 192 g/mol. The lowest BCUT2D eigenvalue weighted by molar-refractivity contribution is 0.101. The summed E-state index contributed by atoms with van der Waals surface area (Å²) >= 11 is 0. The van der Waals surface area contributed by atoms with Crippen molar-refractivity contribution in [1.82, 2.24) is 0 Å². The molecule has 0 amide bonds. The Morgan fingerprint density at radius 3 is 2.73 bits per heavy atom. The highest BCUT2D eigenvalue weighted by molar-refractivity contribution is 6.08. The van der Waals surface area contributed by atoms with Gasteiger partial charge in [-0.3, -0.25) is 4.79 Å². The van der Waals surface area contributed by atoms with Crippen molar-refractivity contribution in [1.29, 1.82) is 0 Å². The van der Waals surface area contributed by atoms with Crippen molar-refractivity contribution < 1.29 is 14.3 Å². The van der Waals surface area contributed by atoms with Crippen molar-refractivity contribution in [2.75, 3.05) is 0 Å². The van der Waals surface area contributed by atoms with Gasteiger partial charge in [-0.1, -0.05) is 6.07 Å². The van der Waals surface area contributed by atoms with Gasteiger partial charge in [-0.25, -0.2) is 0 Å². The molecule has 1 heterocycles. The number of aryl methyl sites for hydroxylation is 1. The zero-order valence-corrected chi connectivity index (χ0v) is 8.23. The Bertz CT molecular complexity index is 484. The van der Waals surface area contributed by atoms with Crippen molar-refractivity contribution in [2.24, 2.45) is 0 Å². The van der Waals surface area contributed by atoms with Crippen molar-refractivity contribution in [3.63, 3.8) is 0 Å². The van der Waals surface area contributed by atoms with Gasteiger partial charge in [0, 0.05) is 0 Å². The number of rotatable bonds is 2. The Morgan fingerprint density at radius 2 is 2.13 bits per heavy atom. The minimum atomic E-state index is -0.308. The summed E-state index contributed by atoms with van der Waals surface area (Å²) in [6.45, 7) is 1.85. The first kappa shape index (κ1) is 9.52. The molecule has 0 aliphatic rings. The molecular formula is C12H10O3. The molecule has 1 aromatic carbocycles. The summed E-state index contributed by atoms with van der Waals surface area (Å²) in [5.74, 6) is -0.0944. The fraction of sp³-hybridized carbons (Fsp3) is 0.0833. The third-order valence-electron chi connectivity index (χ3n) is 2.14. The summed E-state index contributed by atoms with van der Waals surface area (Å²) in [7, 11) is 0. The maximum absolute atomic E-state index is 11.8. The van der Waals surface area contributed by atoms with Crippen LogP contribution in [0, 0.1) is 6.92 Å². The van der Waals surface area contributed by atoms with Gasteiger partial charge < -0.3 is 9.52 Å². The SMILES string of the molecule is Cc1ccc(C(=O)c2ccco2)c(O)c1. The van der Waals surface area contributed by atoms with Gasteiger partial charge in [0.15, 0.2) is 5.76 Å². The summed E-state index contributed by atoms with van der Waals surface area (Å²) in [6.07, 6.45) is 1.43. The maximum Gasteiger partial charge on any atom is 0.231 e. The molecule has 0 atom stereocenters. The van der Waals surface area contributed by atoms with Crippen molar-refractivity contribution in [3.05, 3.63) is 53.5 Å². The van der Waals surface area contributed by atoms with Crippen LogP contribution < -0.4 is 0 Å². The van der Waals surface area contributed by atoms with Gasteiger partial charge in [-0.05, 0) is 36.8 Å². The maximum atomic E-state index is 11.8. The molecule has 0 aliphatic heterocycles. The van der Waals surface area contributed by atoms with E-state index in [1.165, 1.54) is 6.26 Å². The molecule has 76 valence electrons. The number of hydrogen-bond acceptors (Lipinski definition) is 3. The van der Waals surface area contributed by atoms with E-state index in [1.54, 1.807) is 30.3 Å². The Balaban J connectivity index is 2.42. The first-order valence-corrected chi connectivity index (χ1v) is 4.56. The molecule has 15 heavy (non-hydrogen) atoms. The number of phenolic OH excluding ortho intramolecular Hbond substituents is 1. The second kappa shape index (κ2) is 3.61. The number of carbonyl (C=O) groups is 1. The van der Waals surface area contributed by atoms with Crippen LogP contribution in [0.5, 0.6) is 5.75 Å². The first-order valence-electron chi connectivity index (χ1n) is 4.56. The molecule has 0 spiro atoms. The molecule has 1 aromatic heterocycles.